The molecule has 9 nitrogen and oxygen atoms in total. The molecule has 2 aromatic carbocycles. The van der Waals surface area contributed by atoms with Gasteiger partial charge in [-0.1, -0.05) is 30.3 Å². The Hall–Kier alpha value is -2.82. The Morgan fingerprint density at radius 3 is 2.24 bits per heavy atom. The van der Waals surface area contributed by atoms with E-state index in [-0.39, 0.29) is 17.0 Å². The standard InChI is InChI=1S/C15H15N3O6S/c19-15(16-20)14(10-11-4-2-1-3-5-11)17-25(23,24)13-8-6-12(7-9-13)18(21)22/h1-9,14,17,20H,10H2,(H,16,19). The summed E-state index contributed by atoms with van der Waals surface area (Å²) in [6.45, 7) is 0. The van der Waals surface area contributed by atoms with Gasteiger partial charge in [0.1, 0.15) is 6.04 Å². The summed E-state index contributed by atoms with van der Waals surface area (Å²) < 4.78 is 27.0. The Morgan fingerprint density at radius 1 is 1.12 bits per heavy atom. The molecule has 1 atom stereocenters. The lowest BCUT2D eigenvalue weighted by Gasteiger charge is -2.17. The number of hydrogen-bond donors (Lipinski definition) is 3. The fourth-order valence-corrected chi connectivity index (χ4v) is 3.31. The number of nitrogens with zero attached hydrogens (tertiary/aromatic N) is 1. The zero-order valence-electron chi connectivity index (χ0n) is 12.8. The molecule has 0 saturated carbocycles. The SMILES string of the molecule is O=C(NO)C(Cc1ccccc1)NS(=O)(=O)c1ccc([N+](=O)[O-])cc1. The van der Waals surface area contributed by atoms with E-state index in [0.717, 1.165) is 24.3 Å². The van der Waals surface area contributed by atoms with Crippen molar-refractivity contribution in [2.24, 2.45) is 0 Å². The van der Waals surface area contributed by atoms with E-state index >= 15 is 0 Å². The number of benzene rings is 2. The first-order chi connectivity index (χ1) is 11.8. The molecule has 10 heteroatoms. The van der Waals surface area contributed by atoms with E-state index in [9.17, 15) is 23.3 Å². The highest BCUT2D eigenvalue weighted by Crippen LogP contribution is 2.16. The number of hydroxylamine groups is 1. The van der Waals surface area contributed by atoms with E-state index in [4.69, 9.17) is 5.21 Å². The number of non-ortho nitro benzene ring substituents is 1. The van der Waals surface area contributed by atoms with E-state index < -0.39 is 26.9 Å². The highest BCUT2D eigenvalue weighted by atomic mass is 32.2. The molecule has 3 N–H and O–H groups in total. The molecule has 0 spiro atoms. The molecule has 132 valence electrons. The Labute approximate surface area is 143 Å². The van der Waals surface area contributed by atoms with Gasteiger partial charge in [-0.2, -0.15) is 4.72 Å². The van der Waals surface area contributed by atoms with E-state index in [1.54, 1.807) is 30.3 Å². The van der Waals surface area contributed by atoms with Crippen molar-refractivity contribution in [1.29, 1.82) is 0 Å². The van der Waals surface area contributed by atoms with Crippen molar-refractivity contribution >= 4 is 21.6 Å². The van der Waals surface area contributed by atoms with Crippen LogP contribution in [-0.2, 0) is 21.2 Å². The lowest BCUT2D eigenvalue weighted by atomic mass is 10.1. The fourth-order valence-electron chi connectivity index (χ4n) is 2.12. The van der Waals surface area contributed by atoms with Gasteiger partial charge in [-0.25, -0.2) is 13.9 Å². The van der Waals surface area contributed by atoms with Crippen LogP contribution in [0, 0.1) is 10.1 Å². The molecule has 1 amide bonds. The Morgan fingerprint density at radius 2 is 1.72 bits per heavy atom. The van der Waals surface area contributed by atoms with Gasteiger partial charge in [-0.15, -0.1) is 0 Å². The van der Waals surface area contributed by atoms with Gasteiger partial charge in [-0.3, -0.25) is 20.1 Å². The lowest BCUT2D eigenvalue weighted by Crippen LogP contribution is -2.47. The van der Waals surface area contributed by atoms with Crippen molar-refractivity contribution < 1.29 is 23.3 Å². The zero-order valence-corrected chi connectivity index (χ0v) is 13.6. The minimum absolute atomic E-state index is 0.0133. The predicted octanol–water partition coefficient (Wildman–Crippen LogP) is 0.990. The summed E-state index contributed by atoms with van der Waals surface area (Å²) in [6, 6.07) is 11.6. The molecule has 1 unspecified atom stereocenters. The minimum atomic E-state index is -4.12. The maximum Gasteiger partial charge on any atom is 0.269 e. The molecule has 0 heterocycles. The fraction of sp³-hybridized carbons (Fsp3) is 0.133. The van der Waals surface area contributed by atoms with Crippen LogP contribution in [0.2, 0.25) is 0 Å². The van der Waals surface area contributed by atoms with E-state index in [0.29, 0.717) is 5.56 Å². The van der Waals surface area contributed by atoms with E-state index in [1.165, 1.54) is 5.48 Å². The second kappa shape index (κ2) is 7.83. The monoisotopic (exact) mass is 365 g/mol. The molecule has 0 saturated heterocycles. The molecule has 0 aliphatic rings. The Balaban J connectivity index is 2.24. The van der Waals surface area contributed by atoms with Crippen LogP contribution in [0.1, 0.15) is 5.56 Å². The van der Waals surface area contributed by atoms with Gasteiger partial charge in [0.25, 0.3) is 11.6 Å². The second-order valence-electron chi connectivity index (χ2n) is 5.09. The number of nitro groups is 1. The van der Waals surface area contributed by atoms with Crippen molar-refractivity contribution in [1.82, 2.24) is 10.2 Å². The largest absolute Gasteiger partial charge is 0.289 e. The Bertz CT molecular complexity index is 853. The van der Waals surface area contributed by atoms with Crippen molar-refractivity contribution in [3.63, 3.8) is 0 Å². The van der Waals surface area contributed by atoms with Gasteiger partial charge in [0.2, 0.25) is 10.0 Å². The maximum absolute atomic E-state index is 12.4. The van der Waals surface area contributed by atoms with Crippen molar-refractivity contribution in [3.8, 4) is 0 Å². The average molecular weight is 365 g/mol. The second-order valence-corrected chi connectivity index (χ2v) is 6.80. The van der Waals surface area contributed by atoms with Crippen LogP contribution in [0.5, 0.6) is 0 Å². The first-order valence-electron chi connectivity index (χ1n) is 7.08. The summed E-state index contributed by atoms with van der Waals surface area (Å²) >= 11 is 0. The van der Waals surface area contributed by atoms with Crippen molar-refractivity contribution in [3.05, 3.63) is 70.3 Å². The minimum Gasteiger partial charge on any atom is -0.289 e. The number of carbonyl (C=O) groups is 1. The highest BCUT2D eigenvalue weighted by Gasteiger charge is 2.26. The molecule has 2 rings (SSSR count). The van der Waals surface area contributed by atoms with E-state index in [2.05, 4.69) is 4.72 Å². The molecule has 0 radical (unpaired) electrons. The topological polar surface area (TPSA) is 139 Å². The first kappa shape index (κ1) is 18.5. The van der Waals surface area contributed by atoms with Crippen LogP contribution < -0.4 is 10.2 Å². The van der Waals surface area contributed by atoms with Crippen LogP contribution >= 0.6 is 0 Å². The van der Waals surface area contributed by atoms with Crippen molar-refractivity contribution in [2.45, 2.75) is 17.4 Å². The van der Waals surface area contributed by atoms with Gasteiger partial charge in [-0.05, 0) is 24.1 Å². The van der Waals surface area contributed by atoms with Crippen LogP contribution in [0.25, 0.3) is 0 Å². The summed E-state index contributed by atoms with van der Waals surface area (Å²) in [6.07, 6.45) is 0.0133. The molecule has 0 fully saturated rings. The number of hydrogen-bond acceptors (Lipinski definition) is 6. The van der Waals surface area contributed by atoms with Crippen LogP contribution in [-0.4, -0.2) is 30.5 Å². The number of carbonyl (C=O) groups excluding carboxylic acids is 1. The zero-order chi connectivity index (χ0) is 18.4. The van der Waals surface area contributed by atoms with Crippen LogP contribution in [0.3, 0.4) is 0 Å². The average Bonchev–Trinajstić information content (AvgIpc) is 2.61. The molecule has 0 aliphatic heterocycles. The quantitative estimate of drug-likeness (QED) is 0.380. The van der Waals surface area contributed by atoms with E-state index in [1.807, 2.05) is 0 Å². The molecular formula is C15H15N3O6S. The lowest BCUT2D eigenvalue weighted by molar-refractivity contribution is -0.384. The number of amides is 1. The first-order valence-corrected chi connectivity index (χ1v) is 8.56. The van der Waals surface area contributed by atoms with Gasteiger partial charge >= 0.3 is 0 Å². The summed E-state index contributed by atoms with van der Waals surface area (Å²) in [7, 11) is -4.12. The third-order valence-corrected chi connectivity index (χ3v) is 4.85. The molecular weight excluding hydrogens is 350 g/mol. The Kier molecular flexibility index (Phi) is 5.80. The molecule has 0 aliphatic carbocycles. The van der Waals surface area contributed by atoms with Crippen LogP contribution in [0.4, 0.5) is 5.69 Å². The number of rotatable bonds is 7. The third-order valence-electron chi connectivity index (χ3n) is 3.36. The third kappa shape index (κ3) is 4.83. The highest BCUT2D eigenvalue weighted by molar-refractivity contribution is 7.89. The summed E-state index contributed by atoms with van der Waals surface area (Å²) in [5, 5.41) is 19.5. The summed E-state index contributed by atoms with van der Waals surface area (Å²) in [4.78, 5) is 21.5. The number of nitrogens with one attached hydrogen (secondary N) is 2. The van der Waals surface area contributed by atoms with Crippen LogP contribution in [0.15, 0.2) is 59.5 Å². The number of nitro benzene ring substituents is 1. The summed E-state index contributed by atoms with van der Waals surface area (Å²) in [5.74, 6) is -0.922. The molecule has 25 heavy (non-hydrogen) atoms. The van der Waals surface area contributed by atoms with Gasteiger partial charge < -0.3 is 0 Å². The maximum atomic E-state index is 12.4. The van der Waals surface area contributed by atoms with Gasteiger partial charge in [0.05, 0.1) is 9.82 Å². The van der Waals surface area contributed by atoms with Gasteiger partial charge in [0, 0.05) is 12.1 Å². The normalized spacial score (nSPS) is 12.4. The number of sulfonamides is 1. The molecule has 0 aromatic heterocycles. The van der Waals surface area contributed by atoms with Gasteiger partial charge in [0.15, 0.2) is 0 Å². The predicted molar refractivity (Wildman–Crippen MR) is 87.3 cm³/mol. The van der Waals surface area contributed by atoms with Crippen molar-refractivity contribution in [2.75, 3.05) is 0 Å². The molecule has 2 aromatic rings. The summed E-state index contributed by atoms with van der Waals surface area (Å²) in [5.41, 5.74) is 1.85. The smallest absolute Gasteiger partial charge is 0.269 e. The molecule has 0 bridgehead atoms.